The molecule has 114 valence electrons. The number of H-pyrrole nitrogens is 1. The van der Waals surface area contributed by atoms with E-state index in [2.05, 4.69) is 48.1 Å². The van der Waals surface area contributed by atoms with Crippen molar-refractivity contribution in [3.8, 4) is 0 Å². The molecule has 0 saturated carbocycles. The standard InChI is InChI=1S/C7H5N2.C7H16NS.C2H6.Be/c1-2-4-7-6(3-1)8-5-9-7;1-3-7(9)5-6-8-4-2;1-2;/h1-4H,(H,8,9);7,9H,3-6H2,1-2H3;1-2H3;/q2*-1;;+2. The molecule has 0 aliphatic carbocycles. The van der Waals surface area contributed by atoms with E-state index in [0.29, 0.717) is 5.25 Å². The number of aromatic nitrogens is 2. The van der Waals surface area contributed by atoms with Gasteiger partial charge in [-0.2, -0.15) is 19.2 Å². The fraction of sp³-hybridized carbons (Fsp3) is 0.562. The number of imidazole rings is 1. The molecular weight excluding hydrogens is 275 g/mol. The summed E-state index contributed by atoms with van der Waals surface area (Å²) in [6, 6.07) is 7.84. The van der Waals surface area contributed by atoms with Crippen molar-refractivity contribution in [1.29, 1.82) is 0 Å². The van der Waals surface area contributed by atoms with Crippen molar-refractivity contribution in [3.63, 3.8) is 0 Å². The normalized spacial score (nSPS) is 10.5. The Morgan fingerprint density at radius 3 is 2.52 bits per heavy atom. The van der Waals surface area contributed by atoms with Gasteiger partial charge in [-0.1, -0.05) is 57.3 Å². The molecule has 1 unspecified atom stereocenters. The molecule has 5 heteroatoms. The molecule has 0 saturated heterocycles. The second kappa shape index (κ2) is 15.6. The van der Waals surface area contributed by atoms with Crippen molar-refractivity contribution in [2.24, 2.45) is 0 Å². The third-order valence-corrected chi connectivity index (χ3v) is 3.21. The predicted molar refractivity (Wildman–Crippen MR) is 98.5 cm³/mol. The number of thiol groups is 1. The quantitative estimate of drug-likeness (QED) is 0.363. The number of para-hydroxylation sites is 2. The summed E-state index contributed by atoms with van der Waals surface area (Å²) in [5, 5.41) is 4.77. The molecular formula is C16H27BeN3S. The van der Waals surface area contributed by atoms with Crippen molar-refractivity contribution < 1.29 is 0 Å². The molecule has 2 aromatic rings. The molecule has 0 spiro atoms. The van der Waals surface area contributed by atoms with E-state index in [1.54, 1.807) is 0 Å². The largest absolute Gasteiger partial charge is 2.00 e. The summed E-state index contributed by atoms with van der Waals surface area (Å²) >= 11 is 4.34. The molecule has 2 rings (SSSR count). The number of nitrogens with zero attached hydrogens (tertiary/aromatic N) is 2. The van der Waals surface area contributed by atoms with E-state index in [0.717, 1.165) is 37.0 Å². The summed E-state index contributed by atoms with van der Waals surface area (Å²) in [5.41, 5.74) is 2.01. The van der Waals surface area contributed by atoms with Crippen LogP contribution in [0.25, 0.3) is 16.4 Å². The Balaban J connectivity index is 0. The summed E-state index contributed by atoms with van der Waals surface area (Å²) in [6.45, 7) is 10.2. The van der Waals surface area contributed by atoms with Crippen LogP contribution in [-0.2, 0) is 0 Å². The van der Waals surface area contributed by atoms with Gasteiger partial charge in [-0.3, -0.25) is 0 Å². The maximum Gasteiger partial charge on any atom is 2.00 e. The van der Waals surface area contributed by atoms with E-state index in [9.17, 15) is 0 Å². The first-order chi connectivity index (χ1) is 9.77. The summed E-state index contributed by atoms with van der Waals surface area (Å²) < 4.78 is 0. The number of hydrogen-bond donors (Lipinski definition) is 2. The van der Waals surface area contributed by atoms with E-state index in [1.807, 2.05) is 38.1 Å². The van der Waals surface area contributed by atoms with Crippen LogP contribution in [-0.4, -0.2) is 38.4 Å². The van der Waals surface area contributed by atoms with Gasteiger partial charge in [0.25, 0.3) is 0 Å². The molecule has 1 aromatic carbocycles. The van der Waals surface area contributed by atoms with Crippen molar-refractivity contribution in [2.75, 3.05) is 13.1 Å². The van der Waals surface area contributed by atoms with Crippen molar-refractivity contribution in [2.45, 2.75) is 45.8 Å². The predicted octanol–water partition coefficient (Wildman–Crippen LogP) is 4.49. The molecule has 3 nitrogen and oxygen atoms in total. The van der Waals surface area contributed by atoms with E-state index < -0.39 is 0 Å². The molecule has 1 N–H and O–H groups in total. The van der Waals surface area contributed by atoms with Crippen LogP contribution in [0.2, 0.25) is 0 Å². The maximum atomic E-state index is 4.34. The monoisotopic (exact) mass is 302 g/mol. The van der Waals surface area contributed by atoms with Crippen molar-refractivity contribution >= 4 is 33.8 Å². The Hall–Kier alpha value is -0.831. The van der Waals surface area contributed by atoms with E-state index in [4.69, 9.17) is 0 Å². The summed E-state index contributed by atoms with van der Waals surface area (Å²) in [6.07, 6.45) is 4.95. The molecule has 0 amide bonds. The van der Waals surface area contributed by atoms with Gasteiger partial charge in [0.1, 0.15) is 0 Å². The van der Waals surface area contributed by atoms with Crippen LogP contribution in [0.4, 0.5) is 0 Å². The molecule has 1 aromatic heterocycles. The number of hydrogen-bond acceptors (Lipinski definition) is 2. The van der Waals surface area contributed by atoms with Gasteiger partial charge in [0, 0.05) is 0 Å². The number of fused-ring (bicyclic) bond motifs is 1. The van der Waals surface area contributed by atoms with E-state index >= 15 is 0 Å². The molecule has 0 radical (unpaired) electrons. The van der Waals surface area contributed by atoms with Gasteiger partial charge in [0.05, 0.1) is 0 Å². The van der Waals surface area contributed by atoms with Crippen LogP contribution in [0.3, 0.4) is 0 Å². The topological polar surface area (TPSA) is 42.8 Å². The van der Waals surface area contributed by atoms with Gasteiger partial charge in [0.2, 0.25) is 0 Å². The molecule has 0 aliphatic rings. The first kappa shape index (κ1) is 22.5. The number of rotatable bonds is 5. The average molecular weight is 302 g/mol. The minimum Gasteiger partial charge on any atom is -0.662 e. The van der Waals surface area contributed by atoms with Crippen LogP contribution in [0.5, 0.6) is 0 Å². The average Bonchev–Trinajstić information content (AvgIpc) is 2.98. The minimum absolute atomic E-state index is 0. The Morgan fingerprint density at radius 1 is 1.29 bits per heavy atom. The molecule has 0 aliphatic heterocycles. The van der Waals surface area contributed by atoms with Gasteiger partial charge >= 0.3 is 10.1 Å². The number of benzene rings is 1. The van der Waals surface area contributed by atoms with Gasteiger partial charge < -0.3 is 15.3 Å². The zero-order valence-electron chi connectivity index (χ0n) is 13.8. The Kier molecular flexibility index (Phi) is 16.6. The summed E-state index contributed by atoms with van der Waals surface area (Å²) in [5.74, 6) is 0. The van der Waals surface area contributed by atoms with Crippen molar-refractivity contribution in [3.05, 3.63) is 35.9 Å². The minimum atomic E-state index is 0. The smallest absolute Gasteiger partial charge is 0.662 e. The van der Waals surface area contributed by atoms with Crippen molar-refractivity contribution in [1.82, 2.24) is 9.97 Å². The van der Waals surface area contributed by atoms with Gasteiger partial charge in [-0.25, -0.2) is 0 Å². The molecule has 0 bridgehead atoms. The Morgan fingerprint density at radius 2 is 1.95 bits per heavy atom. The SMILES string of the molecule is CC.CC[N-]CCC(S)CC.[Be+2].[c-]1nc2ccccc2[nH]1. The third kappa shape index (κ3) is 10.5. The van der Waals surface area contributed by atoms with Gasteiger partial charge in [-0.15, -0.1) is 18.7 Å². The maximum absolute atomic E-state index is 4.34. The molecule has 1 heterocycles. The fourth-order valence-corrected chi connectivity index (χ4v) is 1.54. The van der Waals surface area contributed by atoms with Gasteiger partial charge in [0.15, 0.2) is 0 Å². The Bertz CT molecular complexity index is 404. The zero-order valence-corrected chi connectivity index (χ0v) is 14.7. The number of aromatic amines is 1. The van der Waals surface area contributed by atoms with E-state index in [-0.39, 0.29) is 10.1 Å². The molecule has 21 heavy (non-hydrogen) atoms. The molecule has 1 atom stereocenters. The summed E-state index contributed by atoms with van der Waals surface area (Å²) in [4.78, 5) is 6.82. The second-order valence-electron chi connectivity index (χ2n) is 3.98. The Labute approximate surface area is 139 Å². The first-order valence-corrected chi connectivity index (χ1v) is 7.91. The fourth-order valence-electron chi connectivity index (χ4n) is 1.43. The number of nitrogens with one attached hydrogen (secondary N) is 1. The van der Waals surface area contributed by atoms with E-state index in [1.165, 1.54) is 0 Å². The first-order valence-electron chi connectivity index (χ1n) is 7.40. The van der Waals surface area contributed by atoms with Crippen LogP contribution in [0, 0.1) is 6.33 Å². The van der Waals surface area contributed by atoms with Crippen LogP contribution in [0.15, 0.2) is 24.3 Å². The third-order valence-electron chi connectivity index (χ3n) is 2.59. The summed E-state index contributed by atoms with van der Waals surface area (Å²) in [7, 11) is 0. The van der Waals surface area contributed by atoms with Gasteiger partial charge in [-0.05, 0) is 18.0 Å². The molecule has 0 fully saturated rings. The second-order valence-corrected chi connectivity index (χ2v) is 4.71. The van der Waals surface area contributed by atoms with Crippen LogP contribution >= 0.6 is 12.6 Å². The van der Waals surface area contributed by atoms with Crippen LogP contribution in [0.1, 0.15) is 40.5 Å². The van der Waals surface area contributed by atoms with Crippen LogP contribution < -0.4 is 0 Å². The zero-order chi connectivity index (χ0) is 15.2.